The predicted octanol–water partition coefficient (Wildman–Crippen LogP) is 4.15. The molecular weight excluding hydrogens is 358 g/mol. The van der Waals surface area contributed by atoms with E-state index in [2.05, 4.69) is 20.6 Å². The summed E-state index contributed by atoms with van der Waals surface area (Å²) in [5.41, 5.74) is 11.3. The minimum Gasteiger partial charge on any atom is -0.380 e. The number of benzene rings is 2. The topological polar surface area (TPSA) is 92.9 Å². The molecule has 0 atom stereocenters. The van der Waals surface area contributed by atoms with Crippen molar-refractivity contribution in [1.82, 2.24) is 9.97 Å². The third-order valence-corrected chi connectivity index (χ3v) is 4.89. The number of aromatic nitrogens is 2. The molecule has 2 heterocycles. The van der Waals surface area contributed by atoms with Gasteiger partial charge in [-0.2, -0.15) is 0 Å². The number of thiazole rings is 1. The fourth-order valence-corrected chi connectivity index (χ4v) is 3.46. The summed E-state index contributed by atoms with van der Waals surface area (Å²) in [6.07, 6.45) is 1.49. The molecule has 0 aliphatic heterocycles. The van der Waals surface area contributed by atoms with Crippen LogP contribution in [0.15, 0.2) is 66.3 Å². The Morgan fingerprint density at radius 2 is 1.93 bits per heavy atom. The number of pyridine rings is 1. The molecule has 0 radical (unpaired) electrons. The molecule has 4 N–H and O–H groups in total. The van der Waals surface area contributed by atoms with Crippen molar-refractivity contribution in [2.45, 2.75) is 6.54 Å². The number of amides is 1. The first kappa shape index (κ1) is 17.0. The molecule has 2 aromatic carbocycles. The minimum absolute atomic E-state index is 0.356. The second kappa shape index (κ2) is 7.43. The van der Waals surface area contributed by atoms with Crippen LogP contribution in [-0.2, 0) is 6.54 Å². The van der Waals surface area contributed by atoms with Crippen LogP contribution in [0.25, 0.3) is 10.2 Å². The monoisotopic (exact) mass is 375 g/mol. The Kier molecular flexibility index (Phi) is 4.67. The van der Waals surface area contributed by atoms with E-state index in [9.17, 15) is 4.79 Å². The molecule has 27 heavy (non-hydrogen) atoms. The summed E-state index contributed by atoms with van der Waals surface area (Å²) in [5, 5.41) is 6.54. The van der Waals surface area contributed by atoms with Crippen LogP contribution in [0.4, 0.5) is 17.2 Å². The van der Waals surface area contributed by atoms with Crippen molar-refractivity contribution in [3.63, 3.8) is 0 Å². The predicted molar refractivity (Wildman–Crippen MR) is 109 cm³/mol. The van der Waals surface area contributed by atoms with E-state index in [0.29, 0.717) is 23.6 Å². The number of nitrogens with two attached hydrogens (primary N) is 1. The molecule has 1 amide bonds. The third kappa shape index (κ3) is 3.88. The van der Waals surface area contributed by atoms with Gasteiger partial charge in [0.05, 0.1) is 27.0 Å². The lowest BCUT2D eigenvalue weighted by Crippen LogP contribution is -2.15. The highest BCUT2D eigenvalue weighted by Gasteiger charge is 2.11. The van der Waals surface area contributed by atoms with Crippen molar-refractivity contribution < 1.29 is 4.79 Å². The summed E-state index contributed by atoms with van der Waals surface area (Å²) in [7, 11) is 0. The number of carbonyl (C=O) groups excluding carboxylic acids is 1. The second-order valence-electron chi connectivity index (χ2n) is 5.98. The van der Waals surface area contributed by atoms with E-state index in [1.165, 1.54) is 6.20 Å². The van der Waals surface area contributed by atoms with Crippen molar-refractivity contribution in [3.05, 3.63) is 77.4 Å². The molecule has 0 saturated carbocycles. The van der Waals surface area contributed by atoms with Crippen molar-refractivity contribution in [1.29, 1.82) is 0 Å². The van der Waals surface area contributed by atoms with Gasteiger partial charge in [0.25, 0.3) is 5.91 Å². The number of carbonyl (C=O) groups is 1. The maximum atomic E-state index is 11.7. The van der Waals surface area contributed by atoms with Crippen molar-refractivity contribution in [2.75, 3.05) is 10.6 Å². The standard InChI is InChI=1S/C20H17N5OS/c21-20(26)15-11-23-19(9-17(15)22-10-13-4-2-1-3-5-13)25-14-6-7-16-18(8-14)27-12-24-16/h1-9,11-12H,10H2,(H2,21,26)(H2,22,23,25). The lowest BCUT2D eigenvalue weighted by molar-refractivity contribution is 0.100. The van der Waals surface area contributed by atoms with E-state index < -0.39 is 5.91 Å². The highest BCUT2D eigenvalue weighted by molar-refractivity contribution is 7.16. The van der Waals surface area contributed by atoms with Crippen LogP contribution < -0.4 is 16.4 Å². The van der Waals surface area contributed by atoms with Gasteiger partial charge >= 0.3 is 0 Å². The van der Waals surface area contributed by atoms with E-state index in [-0.39, 0.29) is 0 Å². The number of primary amides is 1. The van der Waals surface area contributed by atoms with Crippen LogP contribution in [0.5, 0.6) is 0 Å². The minimum atomic E-state index is -0.518. The maximum Gasteiger partial charge on any atom is 0.252 e. The van der Waals surface area contributed by atoms with E-state index in [0.717, 1.165) is 21.5 Å². The molecule has 7 heteroatoms. The lowest BCUT2D eigenvalue weighted by atomic mass is 10.2. The van der Waals surface area contributed by atoms with Crippen molar-refractivity contribution in [3.8, 4) is 0 Å². The van der Waals surface area contributed by atoms with Crippen molar-refractivity contribution >= 4 is 44.7 Å². The average Bonchev–Trinajstić information content (AvgIpc) is 3.15. The first-order chi connectivity index (χ1) is 13.2. The van der Waals surface area contributed by atoms with Gasteiger partial charge in [-0.05, 0) is 23.8 Å². The van der Waals surface area contributed by atoms with Crippen LogP contribution in [0, 0.1) is 0 Å². The van der Waals surface area contributed by atoms with Crippen molar-refractivity contribution in [2.24, 2.45) is 5.73 Å². The molecule has 0 unspecified atom stereocenters. The second-order valence-corrected chi connectivity index (χ2v) is 6.86. The Hall–Kier alpha value is -3.45. The molecule has 0 spiro atoms. The van der Waals surface area contributed by atoms with E-state index in [1.807, 2.05) is 54.0 Å². The fourth-order valence-electron chi connectivity index (χ4n) is 2.74. The van der Waals surface area contributed by atoms with Gasteiger partial charge in [0.1, 0.15) is 5.82 Å². The Morgan fingerprint density at radius 1 is 1.07 bits per heavy atom. The normalized spacial score (nSPS) is 10.7. The van der Waals surface area contributed by atoms with Gasteiger partial charge < -0.3 is 16.4 Å². The molecule has 134 valence electrons. The molecule has 0 aliphatic rings. The number of fused-ring (bicyclic) bond motifs is 1. The smallest absolute Gasteiger partial charge is 0.252 e. The van der Waals surface area contributed by atoms with Crippen LogP contribution in [0.3, 0.4) is 0 Å². The molecule has 4 rings (SSSR count). The maximum absolute atomic E-state index is 11.7. The summed E-state index contributed by atoms with van der Waals surface area (Å²) in [6.45, 7) is 0.581. The molecule has 0 aliphatic carbocycles. The molecule has 0 saturated heterocycles. The highest BCUT2D eigenvalue weighted by atomic mass is 32.1. The van der Waals surface area contributed by atoms with Crippen LogP contribution in [0.2, 0.25) is 0 Å². The Bertz CT molecular complexity index is 1090. The van der Waals surface area contributed by atoms with Gasteiger partial charge in [0, 0.05) is 24.5 Å². The van der Waals surface area contributed by atoms with E-state index in [4.69, 9.17) is 5.73 Å². The average molecular weight is 375 g/mol. The SMILES string of the molecule is NC(=O)c1cnc(Nc2ccc3ncsc3c2)cc1NCc1ccccc1. The molecule has 2 aromatic heterocycles. The van der Waals surface area contributed by atoms with Crippen LogP contribution >= 0.6 is 11.3 Å². The molecule has 6 nitrogen and oxygen atoms in total. The van der Waals surface area contributed by atoms with E-state index >= 15 is 0 Å². The van der Waals surface area contributed by atoms with Gasteiger partial charge in [-0.25, -0.2) is 9.97 Å². The van der Waals surface area contributed by atoms with Crippen LogP contribution in [-0.4, -0.2) is 15.9 Å². The largest absolute Gasteiger partial charge is 0.380 e. The van der Waals surface area contributed by atoms with Gasteiger partial charge in [-0.1, -0.05) is 30.3 Å². The van der Waals surface area contributed by atoms with Gasteiger partial charge in [0.2, 0.25) is 0 Å². The number of nitrogens with zero attached hydrogens (tertiary/aromatic N) is 2. The number of nitrogens with one attached hydrogen (secondary N) is 2. The summed E-state index contributed by atoms with van der Waals surface area (Å²) < 4.78 is 1.09. The molecule has 0 bridgehead atoms. The lowest BCUT2D eigenvalue weighted by Gasteiger charge is -2.13. The summed E-state index contributed by atoms with van der Waals surface area (Å²) in [4.78, 5) is 20.3. The summed E-state index contributed by atoms with van der Waals surface area (Å²) >= 11 is 1.58. The fraction of sp³-hybridized carbons (Fsp3) is 0.0500. The van der Waals surface area contributed by atoms with Gasteiger partial charge in [-0.3, -0.25) is 4.79 Å². The number of hydrogen-bond acceptors (Lipinski definition) is 6. The third-order valence-electron chi connectivity index (χ3n) is 4.10. The zero-order valence-corrected chi connectivity index (χ0v) is 15.2. The number of hydrogen-bond donors (Lipinski definition) is 3. The Morgan fingerprint density at radius 3 is 2.74 bits per heavy atom. The first-order valence-electron chi connectivity index (χ1n) is 8.37. The zero-order valence-electron chi connectivity index (χ0n) is 14.3. The van der Waals surface area contributed by atoms with Crippen LogP contribution in [0.1, 0.15) is 15.9 Å². The number of rotatable bonds is 6. The highest BCUT2D eigenvalue weighted by Crippen LogP contribution is 2.26. The molecule has 0 fully saturated rings. The summed E-state index contributed by atoms with van der Waals surface area (Å²) in [5.74, 6) is 0.107. The molecular formula is C20H17N5OS. The molecule has 4 aromatic rings. The number of anilines is 3. The first-order valence-corrected chi connectivity index (χ1v) is 9.25. The van der Waals surface area contributed by atoms with Gasteiger partial charge in [-0.15, -0.1) is 11.3 Å². The summed E-state index contributed by atoms with van der Waals surface area (Å²) in [6, 6.07) is 17.7. The quantitative estimate of drug-likeness (QED) is 0.471. The zero-order chi connectivity index (χ0) is 18.6. The van der Waals surface area contributed by atoms with Gasteiger partial charge in [0.15, 0.2) is 0 Å². The van der Waals surface area contributed by atoms with E-state index in [1.54, 1.807) is 17.4 Å². The Labute approximate surface area is 160 Å². The Balaban J connectivity index is 1.58.